The molecular weight excluding hydrogens is 219 g/mol. The van der Waals surface area contributed by atoms with E-state index in [9.17, 15) is 9.18 Å². The zero-order valence-electron chi connectivity index (χ0n) is 10.4. The van der Waals surface area contributed by atoms with Crippen LogP contribution < -0.4 is 11.1 Å². The molecular formula is C13H19FN2O. The molecule has 1 amide bonds. The second kappa shape index (κ2) is 5.77. The van der Waals surface area contributed by atoms with Crippen molar-refractivity contribution in [1.29, 1.82) is 0 Å². The highest BCUT2D eigenvalue weighted by Crippen LogP contribution is 2.21. The molecule has 0 spiro atoms. The van der Waals surface area contributed by atoms with Crippen molar-refractivity contribution < 1.29 is 9.18 Å². The van der Waals surface area contributed by atoms with Crippen LogP contribution >= 0.6 is 0 Å². The number of hydrogen-bond acceptors (Lipinski definition) is 2. The lowest BCUT2D eigenvalue weighted by atomic mass is 9.95. The molecule has 1 rings (SSSR count). The standard InChI is InChI=1S/C13H19FN2O/c1-8(2)12(16-13(17)9(3)15)10-4-6-11(14)7-5-10/h4-9,12H,15H2,1-3H3,(H,16,17)/t9-,12?/m1/s1. The van der Waals surface area contributed by atoms with Gasteiger partial charge in [0.05, 0.1) is 12.1 Å². The summed E-state index contributed by atoms with van der Waals surface area (Å²) in [4.78, 5) is 11.6. The van der Waals surface area contributed by atoms with Crippen LogP contribution in [-0.2, 0) is 4.79 Å². The maximum absolute atomic E-state index is 12.8. The summed E-state index contributed by atoms with van der Waals surface area (Å²) in [6.45, 7) is 5.63. The van der Waals surface area contributed by atoms with Gasteiger partial charge in [0.2, 0.25) is 5.91 Å². The van der Waals surface area contributed by atoms with Crippen molar-refractivity contribution in [1.82, 2.24) is 5.32 Å². The number of amides is 1. The van der Waals surface area contributed by atoms with Crippen molar-refractivity contribution in [3.8, 4) is 0 Å². The van der Waals surface area contributed by atoms with E-state index in [1.165, 1.54) is 12.1 Å². The van der Waals surface area contributed by atoms with Crippen molar-refractivity contribution >= 4 is 5.91 Å². The summed E-state index contributed by atoms with van der Waals surface area (Å²) in [6.07, 6.45) is 0. The van der Waals surface area contributed by atoms with Crippen LogP contribution in [0.1, 0.15) is 32.4 Å². The number of nitrogens with two attached hydrogens (primary N) is 1. The van der Waals surface area contributed by atoms with Crippen LogP contribution in [0.3, 0.4) is 0 Å². The van der Waals surface area contributed by atoms with E-state index >= 15 is 0 Å². The first-order chi connectivity index (χ1) is 7.91. The van der Waals surface area contributed by atoms with E-state index in [0.717, 1.165) is 5.56 Å². The molecule has 0 aliphatic carbocycles. The van der Waals surface area contributed by atoms with Gasteiger partial charge in [-0.25, -0.2) is 4.39 Å². The minimum Gasteiger partial charge on any atom is -0.348 e. The fourth-order valence-corrected chi connectivity index (χ4v) is 1.59. The molecule has 4 heteroatoms. The summed E-state index contributed by atoms with van der Waals surface area (Å²) in [5.74, 6) is -0.272. The number of rotatable bonds is 4. The minimum absolute atomic E-state index is 0.144. The molecule has 0 saturated carbocycles. The molecule has 0 saturated heterocycles. The van der Waals surface area contributed by atoms with Crippen molar-refractivity contribution in [3.05, 3.63) is 35.6 Å². The Kier molecular flexibility index (Phi) is 4.63. The van der Waals surface area contributed by atoms with E-state index in [-0.39, 0.29) is 23.7 Å². The Bertz CT molecular complexity index is 374. The average Bonchev–Trinajstić information content (AvgIpc) is 2.26. The molecule has 1 aromatic carbocycles. The van der Waals surface area contributed by atoms with Crippen LogP contribution in [0.25, 0.3) is 0 Å². The van der Waals surface area contributed by atoms with Crippen LogP contribution in [-0.4, -0.2) is 11.9 Å². The Balaban J connectivity index is 2.86. The van der Waals surface area contributed by atoms with E-state index < -0.39 is 6.04 Å². The third-order valence-electron chi connectivity index (χ3n) is 2.61. The van der Waals surface area contributed by atoms with Gasteiger partial charge in [0.1, 0.15) is 5.82 Å². The Morgan fingerprint density at radius 1 is 1.24 bits per heavy atom. The monoisotopic (exact) mass is 238 g/mol. The smallest absolute Gasteiger partial charge is 0.237 e. The molecule has 0 radical (unpaired) electrons. The molecule has 94 valence electrons. The maximum atomic E-state index is 12.8. The lowest BCUT2D eigenvalue weighted by Crippen LogP contribution is -2.41. The van der Waals surface area contributed by atoms with Gasteiger partial charge in [-0.3, -0.25) is 4.79 Å². The fraction of sp³-hybridized carbons (Fsp3) is 0.462. The molecule has 0 heterocycles. The number of carbonyl (C=O) groups is 1. The SMILES string of the molecule is CC(C)C(NC(=O)[C@@H](C)N)c1ccc(F)cc1. The first-order valence-electron chi connectivity index (χ1n) is 5.73. The predicted molar refractivity (Wildman–Crippen MR) is 65.8 cm³/mol. The van der Waals surface area contributed by atoms with Crippen molar-refractivity contribution in [2.45, 2.75) is 32.9 Å². The molecule has 3 nitrogen and oxygen atoms in total. The van der Waals surface area contributed by atoms with Gasteiger partial charge in [-0.1, -0.05) is 26.0 Å². The lowest BCUT2D eigenvalue weighted by Gasteiger charge is -2.23. The summed E-state index contributed by atoms with van der Waals surface area (Å²) in [5, 5.41) is 2.87. The number of hydrogen-bond donors (Lipinski definition) is 2. The largest absolute Gasteiger partial charge is 0.348 e. The van der Waals surface area contributed by atoms with Crippen molar-refractivity contribution in [3.63, 3.8) is 0 Å². The van der Waals surface area contributed by atoms with Gasteiger partial charge < -0.3 is 11.1 Å². The summed E-state index contributed by atoms with van der Waals surface area (Å²) in [7, 11) is 0. The number of nitrogens with one attached hydrogen (secondary N) is 1. The van der Waals surface area contributed by atoms with E-state index in [4.69, 9.17) is 5.73 Å². The molecule has 17 heavy (non-hydrogen) atoms. The van der Waals surface area contributed by atoms with Gasteiger partial charge in [-0.05, 0) is 30.5 Å². The molecule has 0 aliphatic heterocycles. The van der Waals surface area contributed by atoms with E-state index in [1.807, 2.05) is 13.8 Å². The van der Waals surface area contributed by atoms with E-state index in [2.05, 4.69) is 5.32 Å². The van der Waals surface area contributed by atoms with Gasteiger partial charge in [0.15, 0.2) is 0 Å². The van der Waals surface area contributed by atoms with Crippen LogP contribution in [0.2, 0.25) is 0 Å². The molecule has 1 aromatic rings. The van der Waals surface area contributed by atoms with Gasteiger partial charge in [0, 0.05) is 0 Å². The molecule has 0 fully saturated rings. The second-order valence-corrected chi connectivity index (χ2v) is 4.57. The van der Waals surface area contributed by atoms with Crippen molar-refractivity contribution in [2.75, 3.05) is 0 Å². The van der Waals surface area contributed by atoms with Crippen LogP contribution in [0.4, 0.5) is 4.39 Å². The van der Waals surface area contributed by atoms with E-state index in [1.54, 1.807) is 19.1 Å². The van der Waals surface area contributed by atoms with Crippen LogP contribution in [0.5, 0.6) is 0 Å². The summed E-state index contributed by atoms with van der Waals surface area (Å²) < 4.78 is 12.8. The highest BCUT2D eigenvalue weighted by Gasteiger charge is 2.19. The van der Waals surface area contributed by atoms with Gasteiger partial charge in [0.25, 0.3) is 0 Å². The zero-order chi connectivity index (χ0) is 13.0. The van der Waals surface area contributed by atoms with Gasteiger partial charge in [-0.2, -0.15) is 0 Å². The normalized spacial score (nSPS) is 14.5. The molecule has 2 atom stereocenters. The molecule has 0 bridgehead atoms. The third-order valence-corrected chi connectivity index (χ3v) is 2.61. The first-order valence-corrected chi connectivity index (χ1v) is 5.73. The Labute approximate surface area is 101 Å². The van der Waals surface area contributed by atoms with Gasteiger partial charge >= 0.3 is 0 Å². The first kappa shape index (κ1) is 13.6. The summed E-state index contributed by atoms with van der Waals surface area (Å²) in [6, 6.07) is 5.46. The quantitative estimate of drug-likeness (QED) is 0.842. The average molecular weight is 238 g/mol. The Morgan fingerprint density at radius 3 is 2.18 bits per heavy atom. The number of halogens is 1. The maximum Gasteiger partial charge on any atom is 0.237 e. The molecule has 0 aliphatic rings. The summed E-state index contributed by atoms with van der Waals surface area (Å²) >= 11 is 0. The Hall–Kier alpha value is -1.42. The van der Waals surface area contributed by atoms with Crippen LogP contribution in [0, 0.1) is 11.7 Å². The lowest BCUT2D eigenvalue weighted by molar-refractivity contribution is -0.123. The number of benzene rings is 1. The summed E-state index contributed by atoms with van der Waals surface area (Å²) in [5.41, 5.74) is 6.40. The fourth-order valence-electron chi connectivity index (χ4n) is 1.59. The van der Waals surface area contributed by atoms with E-state index in [0.29, 0.717) is 0 Å². The highest BCUT2D eigenvalue weighted by atomic mass is 19.1. The highest BCUT2D eigenvalue weighted by molar-refractivity contribution is 5.81. The Morgan fingerprint density at radius 2 is 1.76 bits per heavy atom. The zero-order valence-corrected chi connectivity index (χ0v) is 10.4. The van der Waals surface area contributed by atoms with Gasteiger partial charge in [-0.15, -0.1) is 0 Å². The second-order valence-electron chi connectivity index (χ2n) is 4.57. The topological polar surface area (TPSA) is 55.1 Å². The minimum atomic E-state index is -0.545. The molecule has 0 aromatic heterocycles. The number of carbonyl (C=O) groups excluding carboxylic acids is 1. The third kappa shape index (κ3) is 3.82. The molecule has 1 unspecified atom stereocenters. The van der Waals surface area contributed by atoms with Crippen molar-refractivity contribution in [2.24, 2.45) is 11.7 Å². The predicted octanol–water partition coefficient (Wildman–Crippen LogP) is 1.99. The molecule has 3 N–H and O–H groups in total. The van der Waals surface area contributed by atoms with Crippen LogP contribution in [0.15, 0.2) is 24.3 Å².